The van der Waals surface area contributed by atoms with E-state index >= 15 is 0 Å². The number of rotatable bonds is 6. The normalized spacial score (nSPS) is 23.6. The number of hydrogen-bond acceptors (Lipinski definition) is 3. The molecule has 1 aliphatic heterocycles. The molecule has 0 saturated carbocycles. The molecule has 0 aliphatic carbocycles. The van der Waals surface area contributed by atoms with Gasteiger partial charge < -0.3 is 16.2 Å². The summed E-state index contributed by atoms with van der Waals surface area (Å²) in [6, 6.07) is -0.221. The van der Waals surface area contributed by atoms with Crippen LogP contribution in [-0.4, -0.2) is 42.8 Å². The maximum Gasteiger partial charge on any atom is 0.320 e. The summed E-state index contributed by atoms with van der Waals surface area (Å²) in [5.41, 5.74) is 5.36. The average molecular weight is 200 g/mol. The molecule has 5 heteroatoms. The Balaban J connectivity index is 1.95. The van der Waals surface area contributed by atoms with Crippen LogP contribution in [0.4, 0.5) is 0 Å². The first-order valence-corrected chi connectivity index (χ1v) is 5.05. The van der Waals surface area contributed by atoms with E-state index in [4.69, 9.17) is 10.8 Å². The molecular weight excluding hydrogens is 182 g/mol. The average Bonchev–Trinajstić information content (AvgIpc) is 2.64. The summed E-state index contributed by atoms with van der Waals surface area (Å²) in [6.45, 7) is 2.68. The number of nitrogens with two attached hydrogens (primary N) is 1. The predicted octanol–water partition coefficient (Wildman–Crippen LogP) is -0.855. The van der Waals surface area contributed by atoms with Crippen LogP contribution >= 0.6 is 0 Å². The highest BCUT2D eigenvalue weighted by Crippen LogP contribution is 2.00. The second kappa shape index (κ2) is 5.95. The van der Waals surface area contributed by atoms with Crippen molar-refractivity contribution in [2.45, 2.75) is 31.3 Å². The zero-order valence-electron chi connectivity index (χ0n) is 8.28. The van der Waals surface area contributed by atoms with Gasteiger partial charge in [0.25, 0.3) is 0 Å². The van der Waals surface area contributed by atoms with Crippen LogP contribution in [-0.2, 0) is 4.79 Å². The lowest BCUT2D eigenvalue weighted by Gasteiger charge is -2.11. The highest BCUT2D eigenvalue weighted by Gasteiger charge is 2.15. The van der Waals surface area contributed by atoms with Gasteiger partial charge in [-0.05, 0) is 25.8 Å². The Bertz CT molecular complexity index is 181. The fourth-order valence-corrected chi connectivity index (χ4v) is 1.50. The van der Waals surface area contributed by atoms with Crippen LogP contribution in [0.5, 0.6) is 0 Å². The molecule has 0 aromatic rings. The van der Waals surface area contributed by atoms with Crippen molar-refractivity contribution in [1.82, 2.24) is 10.6 Å². The summed E-state index contributed by atoms with van der Waals surface area (Å²) in [4.78, 5) is 10.4. The first kappa shape index (κ1) is 11.4. The van der Waals surface area contributed by atoms with E-state index in [2.05, 4.69) is 10.6 Å². The first-order chi connectivity index (χ1) is 6.70. The van der Waals surface area contributed by atoms with Gasteiger partial charge in [-0.25, -0.2) is 5.32 Å². The Labute approximate surface area is 84.0 Å². The second-order valence-electron chi connectivity index (χ2n) is 3.66. The molecule has 1 rings (SSSR count). The van der Waals surface area contributed by atoms with Crippen molar-refractivity contribution in [3.05, 3.63) is 0 Å². The molecular formula is C9H18N3O2. The molecule has 2 unspecified atom stereocenters. The van der Waals surface area contributed by atoms with E-state index in [1.54, 1.807) is 0 Å². The molecule has 0 spiro atoms. The van der Waals surface area contributed by atoms with Crippen molar-refractivity contribution in [2.24, 2.45) is 5.73 Å². The third kappa shape index (κ3) is 4.04. The van der Waals surface area contributed by atoms with Crippen LogP contribution in [0.2, 0.25) is 0 Å². The molecule has 0 amide bonds. The molecule has 1 radical (unpaired) electrons. The van der Waals surface area contributed by atoms with Crippen molar-refractivity contribution < 1.29 is 9.90 Å². The van der Waals surface area contributed by atoms with Gasteiger partial charge in [0.15, 0.2) is 0 Å². The fourth-order valence-electron chi connectivity index (χ4n) is 1.50. The minimum absolute atomic E-state index is 0.496. The Morgan fingerprint density at radius 3 is 3.07 bits per heavy atom. The van der Waals surface area contributed by atoms with Gasteiger partial charge in [0.05, 0.1) is 0 Å². The van der Waals surface area contributed by atoms with Gasteiger partial charge in [0.1, 0.15) is 6.04 Å². The summed E-state index contributed by atoms with van der Waals surface area (Å²) < 4.78 is 0. The predicted molar refractivity (Wildman–Crippen MR) is 53.1 cm³/mol. The van der Waals surface area contributed by atoms with Crippen molar-refractivity contribution in [3.8, 4) is 0 Å². The van der Waals surface area contributed by atoms with Crippen molar-refractivity contribution >= 4 is 5.97 Å². The fraction of sp³-hybridized carbons (Fsp3) is 0.889. The van der Waals surface area contributed by atoms with Gasteiger partial charge in [-0.2, -0.15) is 0 Å². The maximum absolute atomic E-state index is 10.4. The topological polar surface area (TPSA) is 89.5 Å². The number of carboxylic acid groups (broad SMARTS) is 1. The molecule has 1 saturated heterocycles. The highest BCUT2D eigenvalue weighted by atomic mass is 16.4. The Kier molecular flexibility index (Phi) is 4.86. The Morgan fingerprint density at radius 1 is 1.71 bits per heavy atom. The molecule has 81 valence electrons. The van der Waals surface area contributed by atoms with E-state index in [1.165, 1.54) is 0 Å². The highest BCUT2D eigenvalue weighted by molar-refractivity contribution is 5.72. The summed E-state index contributed by atoms with van der Waals surface area (Å²) >= 11 is 0. The summed E-state index contributed by atoms with van der Waals surface area (Å²) in [5, 5.41) is 16.1. The Hall–Kier alpha value is -0.650. The van der Waals surface area contributed by atoms with Crippen LogP contribution in [0.1, 0.15) is 19.3 Å². The number of nitrogens with one attached hydrogen (secondary N) is 1. The van der Waals surface area contributed by atoms with Crippen molar-refractivity contribution in [2.75, 3.05) is 19.6 Å². The third-order valence-electron chi connectivity index (χ3n) is 2.43. The lowest BCUT2D eigenvalue weighted by atomic mass is 10.1. The number of nitrogens with zero attached hydrogens (tertiary/aromatic N) is 1. The monoisotopic (exact) mass is 200 g/mol. The summed E-state index contributed by atoms with van der Waals surface area (Å²) in [5.74, 6) is -0.916. The standard InChI is InChI=1S/C9H18N3O2/c10-8(9(13)14)2-1-4-12-7-3-5-11-6-7/h7-8,12H,1-6,10H2,(H,13,14). The Morgan fingerprint density at radius 2 is 2.50 bits per heavy atom. The van der Waals surface area contributed by atoms with Crippen molar-refractivity contribution in [1.29, 1.82) is 0 Å². The summed E-state index contributed by atoms with van der Waals surface area (Å²) in [7, 11) is 0. The van der Waals surface area contributed by atoms with E-state index in [-0.39, 0.29) is 0 Å². The van der Waals surface area contributed by atoms with Crippen LogP contribution in [0, 0.1) is 0 Å². The largest absolute Gasteiger partial charge is 0.480 e. The van der Waals surface area contributed by atoms with E-state index in [0.29, 0.717) is 12.5 Å². The smallest absolute Gasteiger partial charge is 0.320 e. The van der Waals surface area contributed by atoms with Gasteiger partial charge >= 0.3 is 5.97 Å². The number of hydrogen-bond donors (Lipinski definition) is 3. The zero-order chi connectivity index (χ0) is 10.4. The zero-order valence-corrected chi connectivity index (χ0v) is 8.28. The van der Waals surface area contributed by atoms with Gasteiger partial charge in [-0.1, -0.05) is 0 Å². The molecule has 0 aromatic carbocycles. The van der Waals surface area contributed by atoms with Gasteiger partial charge in [-0.15, -0.1) is 0 Å². The maximum atomic E-state index is 10.4. The van der Waals surface area contributed by atoms with Crippen molar-refractivity contribution in [3.63, 3.8) is 0 Å². The minimum Gasteiger partial charge on any atom is -0.480 e. The van der Waals surface area contributed by atoms with Gasteiger partial charge in [-0.3, -0.25) is 4.79 Å². The summed E-state index contributed by atoms with van der Waals surface area (Å²) in [6.07, 6.45) is 2.45. The van der Waals surface area contributed by atoms with Crippen LogP contribution in [0.25, 0.3) is 0 Å². The lowest BCUT2D eigenvalue weighted by molar-refractivity contribution is -0.138. The second-order valence-corrected chi connectivity index (χ2v) is 3.66. The van der Waals surface area contributed by atoms with E-state index in [1.807, 2.05) is 0 Å². The lowest BCUT2D eigenvalue weighted by Crippen LogP contribution is -2.34. The molecule has 5 nitrogen and oxygen atoms in total. The number of aliphatic carboxylic acids is 1. The third-order valence-corrected chi connectivity index (χ3v) is 2.43. The number of carbonyl (C=O) groups is 1. The molecule has 1 aliphatic rings. The van der Waals surface area contributed by atoms with Gasteiger partial charge in [0, 0.05) is 19.1 Å². The van der Waals surface area contributed by atoms with E-state index in [9.17, 15) is 4.79 Å². The van der Waals surface area contributed by atoms with E-state index in [0.717, 1.165) is 32.5 Å². The SMILES string of the molecule is NC(CCCNC1CC[N]C1)C(=O)O. The minimum atomic E-state index is -0.916. The molecule has 4 N–H and O–H groups in total. The molecule has 0 bridgehead atoms. The van der Waals surface area contributed by atoms with Gasteiger partial charge in [0.2, 0.25) is 0 Å². The molecule has 2 atom stereocenters. The molecule has 0 aromatic heterocycles. The van der Waals surface area contributed by atoms with Crippen LogP contribution < -0.4 is 16.4 Å². The number of carboxylic acids is 1. The first-order valence-electron chi connectivity index (χ1n) is 5.05. The molecule has 1 fully saturated rings. The van der Waals surface area contributed by atoms with Crippen LogP contribution in [0.15, 0.2) is 0 Å². The quantitative estimate of drug-likeness (QED) is 0.487. The van der Waals surface area contributed by atoms with E-state index < -0.39 is 12.0 Å². The van der Waals surface area contributed by atoms with Crippen LogP contribution in [0.3, 0.4) is 0 Å². The molecule has 1 heterocycles. The molecule has 14 heavy (non-hydrogen) atoms.